The Kier molecular flexibility index (Phi) is 4.12. The smallest absolute Gasteiger partial charge is 0.356 e. The molecule has 0 atom stereocenters. The van der Waals surface area contributed by atoms with Crippen molar-refractivity contribution in [3.8, 4) is 0 Å². The van der Waals surface area contributed by atoms with E-state index in [9.17, 15) is 13.2 Å². The largest absolute Gasteiger partial charge is 0.416 e. The standard InChI is InChI=1S/C10H14F3N3/c1-2-16(6-4-14)9-7-8(3-5-15-9)10(11,12)13/h3,5,7H,2,4,6,14H2,1H3. The Morgan fingerprint density at radius 2 is 2.12 bits per heavy atom. The summed E-state index contributed by atoms with van der Waals surface area (Å²) in [5, 5.41) is 0. The van der Waals surface area contributed by atoms with Crippen molar-refractivity contribution in [3.05, 3.63) is 23.9 Å². The molecule has 0 saturated heterocycles. The van der Waals surface area contributed by atoms with Gasteiger partial charge in [0.05, 0.1) is 5.56 Å². The molecular weight excluding hydrogens is 219 g/mol. The molecule has 16 heavy (non-hydrogen) atoms. The molecule has 6 heteroatoms. The van der Waals surface area contributed by atoms with Gasteiger partial charge in [0.25, 0.3) is 0 Å². The molecule has 0 spiro atoms. The molecule has 1 rings (SSSR count). The summed E-state index contributed by atoms with van der Waals surface area (Å²) < 4.78 is 37.4. The van der Waals surface area contributed by atoms with E-state index >= 15 is 0 Å². The highest BCUT2D eigenvalue weighted by atomic mass is 19.4. The lowest BCUT2D eigenvalue weighted by Gasteiger charge is -2.21. The van der Waals surface area contributed by atoms with Crippen molar-refractivity contribution in [3.63, 3.8) is 0 Å². The van der Waals surface area contributed by atoms with Crippen LogP contribution in [0.1, 0.15) is 12.5 Å². The maximum absolute atomic E-state index is 12.5. The van der Waals surface area contributed by atoms with Gasteiger partial charge in [0.2, 0.25) is 0 Å². The molecule has 0 bridgehead atoms. The first-order valence-corrected chi connectivity index (χ1v) is 4.97. The minimum absolute atomic E-state index is 0.308. The third-order valence-electron chi connectivity index (χ3n) is 2.18. The van der Waals surface area contributed by atoms with E-state index in [1.165, 1.54) is 0 Å². The van der Waals surface area contributed by atoms with Crippen LogP contribution in [0, 0.1) is 0 Å². The number of nitrogens with two attached hydrogens (primary N) is 1. The molecule has 3 nitrogen and oxygen atoms in total. The van der Waals surface area contributed by atoms with E-state index in [1.807, 2.05) is 6.92 Å². The summed E-state index contributed by atoms with van der Waals surface area (Å²) in [5.41, 5.74) is 4.69. The topological polar surface area (TPSA) is 42.1 Å². The van der Waals surface area contributed by atoms with Gasteiger partial charge < -0.3 is 10.6 Å². The molecule has 0 amide bonds. The van der Waals surface area contributed by atoms with Crippen molar-refractivity contribution in [1.29, 1.82) is 0 Å². The monoisotopic (exact) mass is 233 g/mol. The SMILES string of the molecule is CCN(CCN)c1cc(C(F)(F)F)ccn1. The molecule has 0 aliphatic carbocycles. The van der Waals surface area contributed by atoms with E-state index in [-0.39, 0.29) is 0 Å². The summed E-state index contributed by atoms with van der Waals surface area (Å²) in [6.07, 6.45) is -3.17. The number of aromatic nitrogens is 1. The zero-order valence-corrected chi connectivity index (χ0v) is 8.96. The quantitative estimate of drug-likeness (QED) is 0.863. The fraction of sp³-hybridized carbons (Fsp3) is 0.500. The molecule has 0 aliphatic rings. The van der Waals surface area contributed by atoms with E-state index in [4.69, 9.17) is 5.73 Å². The Morgan fingerprint density at radius 1 is 1.44 bits per heavy atom. The van der Waals surface area contributed by atoms with Crippen LogP contribution >= 0.6 is 0 Å². The first-order chi connectivity index (χ1) is 7.49. The molecule has 0 aliphatic heterocycles. The van der Waals surface area contributed by atoms with E-state index in [1.54, 1.807) is 4.90 Å². The van der Waals surface area contributed by atoms with Crippen molar-refractivity contribution in [1.82, 2.24) is 4.98 Å². The second-order valence-corrected chi connectivity index (χ2v) is 3.27. The third-order valence-corrected chi connectivity index (χ3v) is 2.18. The molecule has 90 valence electrons. The summed E-state index contributed by atoms with van der Waals surface area (Å²) in [6.45, 7) is 3.29. The van der Waals surface area contributed by atoms with E-state index in [2.05, 4.69) is 4.98 Å². The number of rotatable bonds is 4. The summed E-state index contributed by atoms with van der Waals surface area (Å²) >= 11 is 0. The summed E-state index contributed by atoms with van der Waals surface area (Å²) in [5.74, 6) is 0.308. The van der Waals surface area contributed by atoms with Gasteiger partial charge in [0, 0.05) is 25.8 Å². The number of hydrogen-bond donors (Lipinski definition) is 1. The predicted molar refractivity (Wildman–Crippen MR) is 56.2 cm³/mol. The highest BCUT2D eigenvalue weighted by molar-refractivity contribution is 5.41. The second kappa shape index (κ2) is 5.16. The van der Waals surface area contributed by atoms with Gasteiger partial charge >= 0.3 is 6.18 Å². The minimum atomic E-state index is -4.33. The lowest BCUT2D eigenvalue weighted by Crippen LogP contribution is -2.30. The molecule has 0 fully saturated rings. The number of nitrogens with zero attached hydrogens (tertiary/aromatic N) is 2. The number of anilines is 1. The first kappa shape index (κ1) is 12.8. The van der Waals surface area contributed by atoms with Crippen molar-refractivity contribution in [2.24, 2.45) is 5.73 Å². The van der Waals surface area contributed by atoms with Gasteiger partial charge in [-0.1, -0.05) is 0 Å². The number of alkyl halides is 3. The Balaban J connectivity index is 2.97. The minimum Gasteiger partial charge on any atom is -0.356 e. The molecule has 1 heterocycles. The maximum atomic E-state index is 12.5. The van der Waals surface area contributed by atoms with Gasteiger partial charge in [0.15, 0.2) is 0 Å². The summed E-state index contributed by atoms with van der Waals surface area (Å²) in [4.78, 5) is 5.62. The summed E-state index contributed by atoms with van der Waals surface area (Å²) in [7, 11) is 0. The highest BCUT2D eigenvalue weighted by Crippen LogP contribution is 2.30. The zero-order valence-electron chi connectivity index (χ0n) is 8.96. The predicted octanol–water partition coefficient (Wildman–Crippen LogP) is 1.89. The Hall–Kier alpha value is -1.30. The van der Waals surface area contributed by atoms with Crippen LogP contribution in [0.25, 0.3) is 0 Å². The van der Waals surface area contributed by atoms with Crippen LogP contribution in [0.3, 0.4) is 0 Å². The van der Waals surface area contributed by atoms with E-state index < -0.39 is 11.7 Å². The van der Waals surface area contributed by atoms with E-state index in [0.29, 0.717) is 25.5 Å². The maximum Gasteiger partial charge on any atom is 0.416 e. The van der Waals surface area contributed by atoms with Crippen molar-refractivity contribution in [2.45, 2.75) is 13.1 Å². The van der Waals surface area contributed by atoms with Gasteiger partial charge in [0.1, 0.15) is 5.82 Å². The lowest BCUT2D eigenvalue weighted by atomic mass is 10.2. The van der Waals surface area contributed by atoms with Crippen LogP contribution in [-0.2, 0) is 6.18 Å². The van der Waals surface area contributed by atoms with Crippen LogP contribution in [0.15, 0.2) is 18.3 Å². The average molecular weight is 233 g/mol. The third kappa shape index (κ3) is 3.10. The summed E-state index contributed by atoms with van der Waals surface area (Å²) in [6, 6.07) is 2.00. The normalized spacial score (nSPS) is 11.6. The highest BCUT2D eigenvalue weighted by Gasteiger charge is 2.31. The van der Waals surface area contributed by atoms with Crippen LogP contribution in [0.2, 0.25) is 0 Å². The Bertz CT molecular complexity index is 338. The number of halogens is 3. The fourth-order valence-electron chi connectivity index (χ4n) is 1.36. The number of likely N-dealkylation sites (N-methyl/N-ethyl adjacent to an activating group) is 1. The molecule has 0 aromatic carbocycles. The Morgan fingerprint density at radius 3 is 2.62 bits per heavy atom. The van der Waals surface area contributed by atoms with Crippen LogP contribution < -0.4 is 10.6 Å². The van der Waals surface area contributed by atoms with Gasteiger partial charge in [-0.05, 0) is 19.1 Å². The van der Waals surface area contributed by atoms with Gasteiger partial charge in [-0.15, -0.1) is 0 Å². The van der Waals surface area contributed by atoms with Crippen molar-refractivity contribution < 1.29 is 13.2 Å². The molecule has 0 radical (unpaired) electrons. The second-order valence-electron chi connectivity index (χ2n) is 3.27. The molecule has 1 aromatic heterocycles. The van der Waals surface area contributed by atoms with Crippen molar-refractivity contribution >= 4 is 5.82 Å². The molecular formula is C10H14F3N3. The Labute approximate surface area is 92.1 Å². The van der Waals surface area contributed by atoms with Gasteiger partial charge in [-0.3, -0.25) is 0 Å². The van der Waals surface area contributed by atoms with Gasteiger partial charge in [-0.25, -0.2) is 4.98 Å². The van der Waals surface area contributed by atoms with Crippen LogP contribution in [0.5, 0.6) is 0 Å². The van der Waals surface area contributed by atoms with Crippen LogP contribution in [-0.4, -0.2) is 24.6 Å². The fourth-order valence-corrected chi connectivity index (χ4v) is 1.36. The average Bonchev–Trinajstić information content (AvgIpc) is 2.25. The molecule has 0 unspecified atom stereocenters. The van der Waals surface area contributed by atoms with Gasteiger partial charge in [-0.2, -0.15) is 13.2 Å². The molecule has 0 saturated carbocycles. The zero-order chi connectivity index (χ0) is 12.2. The molecule has 2 N–H and O–H groups in total. The van der Waals surface area contributed by atoms with E-state index in [0.717, 1.165) is 18.3 Å². The number of pyridine rings is 1. The van der Waals surface area contributed by atoms with Crippen molar-refractivity contribution in [2.75, 3.05) is 24.5 Å². The lowest BCUT2D eigenvalue weighted by molar-refractivity contribution is -0.137. The first-order valence-electron chi connectivity index (χ1n) is 4.97. The number of hydrogen-bond acceptors (Lipinski definition) is 3. The molecule has 1 aromatic rings. The van der Waals surface area contributed by atoms with Crippen LogP contribution in [0.4, 0.5) is 19.0 Å².